The minimum Gasteiger partial charge on any atom is -0.350 e. The van der Waals surface area contributed by atoms with Crippen LogP contribution in [0.4, 0.5) is 0 Å². The van der Waals surface area contributed by atoms with Crippen LogP contribution in [0.15, 0.2) is 0 Å². The van der Waals surface area contributed by atoms with Crippen LogP contribution in [0.2, 0.25) is 0 Å². The van der Waals surface area contributed by atoms with Crippen molar-refractivity contribution < 1.29 is 38.1 Å². The standard InChI is InChI=1S/C25H36O8/c1-12-30-11-18-22(32-12)23(33-13(2)31-18)21(19-14(26)7-24(3,4)8-15(19)27)20-16(28)9-25(5,6)10-17(20)29/h12-13,18-23H,7-11H2,1-6H3. The van der Waals surface area contributed by atoms with Crippen molar-refractivity contribution >= 4 is 23.1 Å². The Morgan fingerprint density at radius 3 is 1.61 bits per heavy atom. The van der Waals surface area contributed by atoms with E-state index in [1.54, 1.807) is 13.8 Å². The number of carbonyl (C=O) groups is 4. The number of hydrogen-bond acceptors (Lipinski definition) is 8. The third-order valence-electron chi connectivity index (χ3n) is 7.40. The first-order chi connectivity index (χ1) is 15.3. The first-order valence-electron chi connectivity index (χ1n) is 12.0. The zero-order valence-electron chi connectivity index (χ0n) is 20.4. The maximum absolute atomic E-state index is 13.4. The summed E-state index contributed by atoms with van der Waals surface area (Å²) in [5.41, 5.74) is -0.901. The molecule has 2 saturated heterocycles. The molecule has 0 aromatic rings. The van der Waals surface area contributed by atoms with E-state index in [9.17, 15) is 19.2 Å². The molecule has 5 atom stereocenters. The highest BCUT2D eigenvalue weighted by Gasteiger charge is 2.58. The van der Waals surface area contributed by atoms with Gasteiger partial charge in [0.15, 0.2) is 12.6 Å². The summed E-state index contributed by atoms with van der Waals surface area (Å²) in [5, 5.41) is 0. The largest absolute Gasteiger partial charge is 0.350 e. The molecule has 8 nitrogen and oxygen atoms in total. The van der Waals surface area contributed by atoms with Gasteiger partial charge in [-0.25, -0.2) is 0 Å². The predicted octanol–water partition coefficient (Wildman–Crippen LogP) is 2.64. The summed E-state index contributed by atoms with van der Waals surface area (Å²) in [6.07, 6.45) is -2.28. The zero-order valence-corrected chi connectivity index (χ0v) is 20.4. The summed E-state index contributed by atoms with van der Waals surface area (Å²) in [4.78, 5) is 53.6. The Balaban J connectivity index is 1.77. The molecule has 0 spiro atoms. The van der Waals surface area contributed by atoms with E-state index in [-0.39, 0.29) is 55.4 Å². The summed E-state index contributed by atoms with van der Waals surface area (Å²) in [6, 6.07) is 0. The molecule has 2 aliphatic heterocycles. The predicted molar refractivity (Wildman–Crippen MR) is 116 cm³/mol. The number of hydrogen-bond donors (Lipinski definition) is 0. The van der Waals surface area contributed by atoms with Gasteiger partial charge in [-0.2, -0.15) is 0 Å². The highest BCUT2D eigenvalue weighted by atomic mass is 16.8. The van der Waals surface area contributed by atoms with Gasteiger partial charge in [-0.05, 0) is 24.7 Å². The first kappa shape index (κ1) is 24.6. The summed E-state index contributed by atoms with van der Waals surface area (Å²) in [6.45, 7) is 11.3. The Kier molecular flexibility index (Phi) is 6.44. The van der Waals surface area contributed by atoms with Gasteiger partial charge in [0.1, 0.15) is 35.3 Å². The van der Waals surface area contributed by atoms with E-state index in [1.807, 2.05) is 27.7 Å². The monoisotopic (exact) mass is 464 g/mol. The third kappa shape index (κ3) is 4.85. The fraction of sp³-hybridized carbons (Fsp3) is 0.840. The zero-order chi connectivity index (χ0) is 24.3. The van der Waals surface area contributed by atoms with E-state index in [2.05, 4.69) is 0 Å². The molecule has 0 radical (unpaired) electrons. The second kappa shape index (κ2) is 8.63. The van der Waals surface area contributed by atoms with Crippen molar-refractivity contribution in [1.29, 1.82) is 0 Å². The molecule has 8 heteroatoms. The van der Waals surface area contributed by atoms with Gasteiger partial charge >= 0.3 is 0 Å². The quantitative estimate of drug-likeness (QED) is 0.587. The summed E-state index contributed by atoms with van der Waals surface area (Å²) < 4.78 is 23.6. The number of rotatable bonds is 3. The molecule has 5 unspecified atom stereocenters. The number of carbonyl (C=O) groups excluding carboxylic acids is 4. The normalized spacial score (nSPS) is 38.0. The lowest BCUT2D eigenvalue weighted by Gasteiger charge is -2.50. The summed E-state index contributed by atoms with van der Waals surface area (Å²) in [5.74, 6) is -3.99. The minimum absolute atomic E-state index is 0.216. The molecule has 2 heterocycles. The Morgan fingerprint density at radius 2 is 1.15 bits per heavy atom. The second-order valence-electron chi connectivity index (χ2n) is 11.8. The van der Waals surface area contributed by atoms with Gasteiger partial charge in [-0.1, -0.05) is 27.7 Å². The van der Waals surface area contributed by atoms with E-state index in [0.29, 0.717) is 0 Å². The lowest BCUT2D eigenvalue weighted by molar-refractivity contribution is -0.359. The number of ketones is 4. The molecule has 184 valence electrons. The summed E-state index contributed by atoms with van der Waals surface area (Å²) in [7, 11) is 0. The van der Waals surface area contributed by atoms with Crippen molar-refractivity contribution in [2.75, 3.05) is 6.61 Å². The first-order valence-corrected chi connectivity index (χ1v) is 12.0. The SMILES string of the molecule is CC1OCC2OC(C)OC(C(C3C(=O)CC(C)(C)CC3=O)C3C(=O)CC(C)(C)CC3=O)C2O1. The molecule has 2 saturated carbocycles. The smallest absolute Gasteiger partial charge is 0.155 e. The van der Waals surface area contributed by atoms with Gasteiger partial charge in [0.2, 0.25) is 0 Å². The summed E-state index contributed by atoms with van der Waals surface area (Å²) >= 11 is 0. The van der Waals surface area contributed by atoms with E-state index in [1.165, 1.54) is 0 Å². The number of Topliss-reactive ketones (excluding diaryl/α,β-unsaturated/α-hetero) is 4. The van der Waals surface area contributed by atoms with Crippen LogP contribution in [0.3, 0.4) is 0 Å². The van der Waals surface area contributed by atoms with E-state index < -0.39 is 59.5 Å². The van der Waals surface area contributed by atoms with E-state index >= 15 is 0 Å². The van der Waals surface area contributed by atoms with Crippen molar-refractivity contribution in [2.24, 2.45) is 28.6 Å². The molecule has 2 aliphatic carbocycles. The van der Waals surface area contributed by atoms with E-state index in [4.69, 9.17) is 18.9 Å². The van der Waals surface area contributed by atoms with Crippen molar-refractivity contribution in [2.45, 2.75) is 98.1 Å². The van der Waals surface area contributed by atoms with Crippen LogP contribution in [0.5, 0.6) is 0 Å². The lowest BCUT2D eigenvalue weighted by Crippen LogP contribution is -2.63. The molecule has 0 N–H and O–H groups in total. The molecule has 4 fully saturated rings. The number of ether oxygens (including phenoxy) is 4. The highest BCUT2D eigenvalue weighted by Crippen LogP contribution is 2.47. The van der Waals surface area contributed by atoms with Gasteiger partial charge < -0.3 is 18.9 Å². The van der Waals surface area contributed by atoms with Gasteiger partial charge in [0.05, 0.1) is 24.5 Å². The van der Waals surface area contributed by atoms with E-state index in [0.717, 1.165) is 0 Å². The molecule has 0 aromatic carbocycles. The van der Waals surface area contributed by atoms with Gasteiger partial charge in [-0.15, -0.1) is 0 Å². The van der Waals surface area contributed by atoms with Crippen LogP contribution < -0.4 is 0 Å². The average Bonchev–Trinajstić information content (AvgIpc) is 2.63. The Labute approximate surface area is 195 Å². The van der Waals surface area contributed by atoms with Crippen molar-refractivity contribution in [3.8, 4) is 0 Å². The molecule has 4 aliphatic rings. The maximum Gasteiger partial charge on any atom is 0.155 e. The van der Waals surface area contributed by atoms with Gasteiger partial charge in [-0.3, -0.25) is 19.2 Å². The van der Waals surface area contributed by atoms with Crippen LogP contribution in [-0.4, -0.2) is 60.6 Å². The Hall–Kier alpha value is -1.48. The molecule has 0 aromatic heterocycles. The molecular formula is C25H36O8. The topological polar surface area (TPSA) is 105 Å². The Morgan fingerprint density at radius 1 is 0.697 bits per heavy atom. The number of fused-ring (bicyclic) bond motifs is 1. The molecule has 4 rings (SSSR count). The van der Waals surface area contributed by atoms with Crippen molar-refractivity contribution in [1.82, 2.24) is 0 Å². The van der Waals surface area contributed by atoms with Crippen molar-refractivity contribution in [3.63, 3.8) is 0 Å². The van der Waals surface area contributed by atoms with Crippen molar-refractivity contribution in [3.05, 3.63) is 0 Å². The fourth-order valence-corrected chi connectivity index (χ4v) is 6.21. The molecular weight excluding hydrogens is 428 g/mol. The molecule has 0 bridgehead atoms. The van der Waals surface area contributed by atoms with Crippen LogP contribution in [-0.2, 0) is 38.1 Å². The van der Waals surface area contributed by atoms with Gasteiger partial charge in [0.25, 0.3) is 0 Å². The van der Waals surface area contributed by atoms with Crippen LogP contribution in [0.1, 0.15) is 67.2 Å². The highest BCUT2D eigenvalue weighted by molar-refractivity contribution is 6.10. The molecule has 33 heavy (non-hydrogen) atoms. The maximum atomic E-state index is 13.4. The average molecular weight is 465 g/mol. The van der Waals surface area contributed by atoms with Crippen LogP contribution in [0.25, 0.3) is 0 Å². The lowest BCUT2D eigenvalue weighted by atomic mass is 9.59. The fourth-order valence-electron chi connectivity index (χ4n) is 6.21. The second-order valence-corrected chi connectivity index (χ2v) is 11.8. The third-order valence-corrected chi connectivity index (χ3v) is 7.40. The van der Waals surface area contributed by atoms with Gasteiger partial charge in [0, 0.05) is 31.6 Å². The van der Waals surface area contributed by atoms with Crippen LogP contribution >= 0.6 is 0 Å². The molecule has 0 amide bonds. The minimum atomic E-state index is -1.07. The van der Waals surface area contributed by atoms with Crippen LogP contribution in [0, 0.1) is 28.6 Å². The Bertz CT molecular complexity index is 757.